The number of ether oxygens (including phenoxy) is 1. The van der Waals surface area contributed by atoms with Crippen LogP contribution >= 0.6 is 0 Å². The third-order valence-electron chi connectivity index (χ3n) is 3.53. The number of aryl methyl sites for hydroxylation is 1. The first-order chi connectivity index (χ1) is 9.61. The molecule has 1 saturated heterocycles. The van der Waals surface area contributed by atoms with Crippen molar-refractivity contribution in [3.05, 3.63) is 17.5 Å². The molecule has 1 aromatic heterocycles. The third-order valence-corrected chi connectivity index (χ3v) is 3.53. The fourth-order valence-corrected chi connectivity index (χ4v) is 2.33. The molecule has 2 heterocycles. The molecule has 0 spiro atoms. The number of amides is 2. The van der Waals surface area contributed by atoms with Gasteiger partial charge in [0.1, 0.15) is 6.61 Å². The van der Waals surface area contributed by atoms with Gasteiger partial charge in [-0.3, -0.25) is 14.7 Å². The largest absolute Gasteiger partial charge is 0.375 e. The zero-order chi connectivity index (χ0) is 14.5. The van der Waals surface area contributed by atoms with E-state index < -0.39 is 0 Å². The number of rotatable bonds is 4. The zero-order valence-electron chi connectivity index (χ0n) is 11.8. The van der Waals surface area contributed by atoms with Crippen LogP contribution in [-0.4, -0.2) is 59.8 Å². The lowest BCUT2D eigenvalue weighted by atomic mass is 10.0. The zero-order valence-corrected chi connectivity index (χ0v) is 11.8. The van der Waals surface area contributed by atoms with Crippen LogP contribution in [0.15, 0.2) is 6.20 Å². The van der Waals surface area contributed by atoms with Crippen LogP contribution in [0.4, 0.5) is 0 Å². The fraction of sp³-hybridized carbons (Fsp3) is 0.615. The van der Waals surface area contributed by atoms with Crippen LogP contribution in [-0.2, 0) is 9.53 Å². The summed E-state index contributed by atoms with van der Waals surface area (Å²) in [6, 6.07) is 0.100. The molecule has 1 fully saturated rings. The maximum atomic E-state index is 12.0. The Bertz CT molecular complexity index is 478. The Balaban J connectivity index is 1.81. The molecule has 0 aliphatic carbocycles. The summed E-state index contributed by atoms with van der Waals surface area (Å²) in [7, 11) is 1.51. The number of aromatic nitrogens is 2. The van der Waals surface area contributed by atoms with Crippen LogP contribution < -0.4 is 5.32 Å². The van der Waals surface area contributed by atoms with Gasteiger partial charge in [0.15, 0.2) is 0 Å². The molecule has 2 rings (SSSR count). The first-order valence-electron chi connectivity index (χ1n) is 6.69. The van der Waals surface area contributed by atoms with Crippen molar-refractivity contribution in [3.8, 4) is 0 Å². The highest BCUT2D eigenvalue weighted by Crippen LogP contribution is 2.12. The summed E-state index contributed by atoms with van der Waals surface area (Å²) in [5.74, 6) is -0.110. The van der Waals surface area contributed by atoms with E-state index in [1.54, 1.807) is 4.90 Å². The van der Waals surface area contributed by atoms with Gasteiger partial charge in [-0.1, -0.05) is 0 Å². The topological polar surface area (TPSA) is 87.3 Å². The van der Waals surface area contributed by atoms with E-state index in [-0.39, 0.29) is 24.5 Å². The van der Waals surface area contributed by atoms with Gasteiger partial charge in [0.05, 0.1) is 11.8 Å². The van der Waals surface area contributed by atoms with Gasteiger partial charge in [-0.05, 0) is 19.8 Å². The van der Waals surface area contributed by atoms with Crippen LogP contribution in [0.25, 0.3) is 0 Å². The third kappa shape index (κ3) is 3.36. The molecule has 1 aliphatic heterocycles. The van der Waals surface area contributed by atoms with Crippen LogP contribution in [0.1, 0.15) is 28.9 Å². The number of nitrogens with one attached hydrogen (secondary N) is 2. The molecular weight excluding hydrogens is 260 g/mol. The van der Waals surface area contributed by atoms with E-state index in [0.29, 0.717) is 18.7 Å². The van der Waals surface area contributed by atoms with Crippen molar-refractivity contribution >= 4 is 11.8 Å². The van der Waals surface area contributed by atoms with E-state index in [1.165, 1.54) is 13.3 Å². The molecule has 110 valence electrons. The van der Waals surface area contributed by atoms with Crippen molar-refractivity contribution in [1.29, 1.82) is 0 Å². The molecule has 1 aliphatic rings. The second-order valence-electron chi connectivity index (χ2n) is 4.97. The number of hydrogen-bond acceptors (Lipinski definition) is 4. The fourth-order valence-electron chi connectivity index (χ4n) is 2.33. The molecule has 2 N–H and O–H groups in total. The highest BCUT2D eigenvalue weighted by molar-refractivity contribution is 5.95. The van der Waals surface area contributed by atoms with E-state index in [0.717, 1.165) is 18.5 Å². The highest BCUT2D eigenvalue weighted by atomic mass is 16.5. The Morgan fingerprint density at radius 3 is 2.75 bits per heavy atom. The van der Waals surface area contributed by atoms with Gasteiger partial charge < -0.3 is 15.0 Å². The second-order valence-corrected chi connectivity index (χ2v) is 4.97. The molecular formula is C13H20N4O3. The summed E-state index contributed by atoms with van der Waals surface area (Å²) >= 11 is 0. The van der Waals surface area contributed by atoms with Crippen molar-refractivity contribution < 1.29 is 14.3 Å². The molecule has 1 aromatic rings. The molecule has 0 unspecified atom stereocenters. The quantitative estimate of drug-likeness (QED) is 0.818. The van der Waals surface area contributed by atoms with E-state index in [2.05, 4.69) is 15.5 Å². The lowest BCUT2D eigenvalue weighted by Gasteiger charge is -2.32. The number of hydrogen-bond donors (Lipinski definition) is 2. The molecule has 0 bridgehead atoms. The van der Waals surface area contributed by atoms with Gasteiger partial charge in [-0.15, -0.1) is 0 Å². The monoisotopic (exact) mass is 280 g/mol. The average molecular weight is 280 g/mol. The minimum absolute atomic E-state index is 0.00274. The van der Waals surface area contributed by atoms with Crippen molar-refractivity contribution in [2.24, 2.45) is 0 Å². The van der Waals surface area contributed by atoms with Crippen LogP contribution in [0.3, 0.4) is 0 Å². The van der Waals surface area contributed by atoms with Crippen LogP contribution in [0.2, 0.25) is 0 Å². The molecule has 0 saturated carbocycles. The Morgan fingerprint density at radius 1 is 1.50 bits per heavy atom. The number of carbonyl (C=O) groups excluding carboxylic acids is 2. The summed E-state index contributed by atoms with van der Waals surface area (Å²) in [4.78, 5) is 25.5. The number of methoxy groups -OCH3 is 1. The average Bonchev–Trinajstić information content (AvgIpc) is 2.86. The molecule has 0 aromatic carbocycles. The minimum atomic E-state index is -0.113. The second kappa shape index (κ2) is 6.51. The number of carbonyl (C=O) groups is 2. The first-order valence-corrected chi connectivity index (χ1v) is 6.69. The molecule has 0 radical (unpaired) electrons. The molecule has 20 heavy (non-hydrogen) atoms. The van der Waals surface area contributed by atoms with E-state index in [9.17, 15) is 9.59 Å². The number of aromatic amines is 1. The predicted molar refractivity (Wildman–Crippen MR) is 72.3 cm³/mol. The number of piperidine rings is 1. The van der Waals surface area contributed by atoms with Crippen molar-refractivity contribution in [1.82, 2.24) is 20.4 Å². The van der Waals surface area contributed by atoms with Gasteiger partial charge >= 0.3 is 0 Å². The summed E-state index contributed by atoms with van der Waals surface area (Å²) < 4.78 is 4.84. The van der Waals surface area contributed by atoms with Gasteiger partial charge in [-0.2, -0.15) is 5.10 Å². The smallest absolute Gasteiger partial charge is 0.254 e. The lowest BCUT2D eigenvalue weighted by molar-refractivity contribution is -0.136. The molecule has 7 nitrogen and oxygen atoms in total. The Hall–Kier alpha value is -1.89. The lowest BCUT2D eigenvalue weighted by Crippen LogP contribution is -2.47. The Labute approximate surface area is 117 Å². The van der Waals surface area contributed by atoms with E-state index in [1.807, 2.05) is 6.92 Å². The summed E-state index contributed by atoms with van der Waals surface area (Å²) in [6.07, 6.45) is 3.05. The minimum Gasteiger partial charge on any atom is -0.375 e. The van der Waals surface area contributed by atoms with E-state index >= 15 is 0 Å². The number of likely N-dealkylation sites (tertiary alicyclic amines) is 1. The Morgan fingerprint density at radius 2 is 2.20 bits per heavy atom. The van der Waals surface area contributed by atoms with E-state index in [4.69, 9.17) is 4.74 Å². The maximum Gasteiger partial charge on any atom is 0.254 e. The molecule has 7 heteroatoms. The van der Waals surface area contributed by atoms with Gasteiger partial charge in [0.2, 0.25) is 5.91 Å². The van der Waals surface area contributed by atoms with Crippen molar-refractivity contribution in [2.45, 2.75) is 25.8 Å². The Kier molecular flexibility index (Phi) is 4.73. The van der Waals surface area contributed by atoms with Crippen LogP contribution in [0, 0.1) is 6.92 Å². The normalized spacial score (nSPS) is 16.2. The van der Waals surface area contributed by atoms with Gasteiger partial charge in [0, 0.05) is 31.9 Å². The first kappa shape index (κ1) is 14.5. The number of H-pyrrole nitrogens is 1. The number of nitrogens with zero attached hydrogens (tertiary/aromatic N) is 2. The molecule has 0 atom stereocenters. The standard InChI is InChI=1S/C13H20N4O3/c1-9-11(7-14-16-9)13(19)15-10-3-5-17(6-4-10)12(18)8-20-2/h7,10H,3-6,8H2,1-2H3,(H,14,16)(H,15,19). The summed E-state index contributed by atoms with van der Waals surface area (Å²) in [5, 5.41) is 9.57. The molecule has 2 amide bonds. The van der Waals surface area contributed by atoms with Crippen molar-refractivity contribution in [2.75, 3.05) is 26.8 Å². The van der Waals surface area contributed by atoms with Crippen molar-refractivity contribution in [3.63, 3.8) is 0 Å². The van der Waals surface area contributed by atoms with Gasteiger partial charge in [-0.25, -0.2) is 0 Å². The SMILES string of the molecule is COCC(=O)N1CCC(NC(=O)c2cn[nH]c2C)CC1. The summed E-state index contributed by atoms with van der Waals surface area (Å²) in [5.41, 5.74) is 1.33. The van der Waals surface area contributed by atoms with Crippen LogP contribution in [0.5, 0.6) is 0 Å². The predicted octanol–water partition coefficient (Wildman–Crippen LogP) is 0.0853. The van der Waals surface area contributed by atoms with Gasteiger partial charge in [0.25, 0.3) is 5.91 Å². The maximum absolute atomic E-state index is 12.0. The summed E-state index contributed by atoms with van der Waals surface area (Å²) in [6.45, 7) is 3.23. The highest BCUT2D eigenvalue weighted by Gasteiger charge is 2.24.